The quantitative estimate of drug-likeness (QED) is 0.627. The molecule has 0 fully saturated rings. The van der Waals surface area contributed by atoms with Gasteiger partial charge >= 0.3 is 0 Å². The van der Waals surface area contributed by atoms with Crippen LogP contribution in [0.25, 0.3) is 0 Å². The SMILES string of the molecule is CCN(Cc1ccccc1)C(=O)c1ccnc(Nc2cccc(NC(C)=O)c2)c1. The van der Waals surface area contributed by atoms with Gasteiger partial charge in [0.15, 0.2) is 0 Å². The first-order valence-corrected chi connectivity index (χ1v) is 9.49. The van der Waals surface area contributed by atoms with Crippen LogP contribution in [0.5, 0.6) is 0 Å². The van der Waals surface area contributed by atoms with Crippen LogP contribution in [0, 0.1) is 0 Å². The average Bonchev–Trinajstić information content (AvgIpc) is 2.72. The van der Waals surface area contributed by atoms with Gasteiger partial charge in [-0.3, -0.25) is 9.59 Å². The molecular formula is C23H24N4O2. The topological polar surface area (TPSA) is 74.3 Å². The van der Waals surface area contributed by atoms with E-state index in [0.717, 1.165) is 11.3 Å². The highest BCUT2D eigenvalue weighted by atomic mass is 16.2. The Kier molecular flexibility index (Phi) is 6.58. The van der Waals surface area contributed by atoms with Crippen molar-refractivity contribution in [2.45, 2.75) is 20.4 Å². The van der Waals surface area contributed by atoms with Crippen LogP contribution in [-0.2, 0) is 11.3 Å². The number of anilines is 3. The standard InChI is InChI=1S/C23H24N4O2/c1-3-27(16-18-8-5-4-6-9-18)23(29)19-12-13-24-22(14-19)26-21-11-7-10-20(15-21)25-17(2)28/h4-15H,3,16H2,1-2H3,(H,24,26)(H,25,28). The summed E-state index contributed by atoms with van der Waals surface area (Å²) in [6.45, 7) is 4.60. The first-order valence-electron chi connectivity index (χ1n) is 9.49. The van der Waals surface area contributed by atoms with Crippen LogP contribution in [-0.4, -0.2) is 28.2 Å². The van der Waals surface area contributed by atoms with Crippen molar-refractivity contribution in [3.8, 4) is 0 Å². The van der Waals surface area contributed by atoms with Gasteiger partial charge in [0.2, 0.25) is 5.91 Å². The van der Waals surface area contributed by atoms with Crippen molar-refractivity contribution in [3.63, 3.8) is 0 Å². The van der Waals surface area contributed by atoms with Crippen LogP contribution < -0.4 is 10.6 Å². The fourth-order valence-corrected chi connectivity index (χ4v) is 2.97. The van der Waals surface area contributed by atoms with Crippen LogP contribution in [0.15, 0.2) is 72.9 Å². The molecule has 148 valence electrons. The summed E-state index contributed by atoms with van der Waals surface area (Å²) in [5.74, 6) is 0.381. The maximum absolute atomic E-state index is 13.0. The Bertz CT molecular complexity index is 989. The molecule has 29 heavy (non-hydrogen) atoms. The molecule has 1 heterocycles. The number of pyridine rings is 1. The maximum atomic E-state index is 13.0. The van der Waals surface area contributed by atoms with Crippen molar-refractivity contribution in [2.24, 2.45) is 0 Å². The Morgan fingerprint density at radius 3 is 2.45 bits per heavy atom. The van der Waals surface area contributed by atoms with E-state index < -0.39 is 0 Å². The molecule has 0 saturated heterocycles. The fourth-order valence-electron chi connectivity index (χ4n) is 2.97. The summed E-state index contributed by atoms with van der Waals surface area (Å²) in [5, 5.41) is 5.93. The third-order valence-corrected chi connectivity index (χ3v) is 4.35. The van der Waals surface area contributed by atoms with E-state index in [2.05, 4.69) is 15.6 Å². The Morgan fingerprint density at radius 2 is 1.72 bits per heavy atom. The number of aromatic nitrogens is 1. The highest BCUT2D eigenvalue weighted by Gasteiger charge is 2.15. The van der Waals surface area contributed by atoms with Gasteiger partial charge < -0.3 is 15.5 Å². The Hall–Kier alpha value is -3.67. The van der Waals surface area contributed by atoms with Gasteiger partial charge in [-0.15, -0.1) is 0 Å². The lowest BCUT2D eigenvalue weighted by molar-refractivity contribution is -0.114. The summed E-state index contributed by atoms with van der Waals surface area (Å²) in [4.78, 5) is 30.3. The van der Waals surface area contributed by atoms with Crippen LogP contribution in [0.1, 0.15) is 29.8 Å². The second-order valence-corrected chi connectivity index (χ2v) is 6.62. The van der Waals surface area contributed by atoms with Gasteiger partial charge in [-0.1, -0.05) is 36.4 Å². The van der Waals surface area contributed by atoms with Crippen LogP contribution in [0.2, 0.25) is 0 Å². The molecule has 2 amide bonds. The molecule has 0 bridgehead atoms. The van der Waals surface area contributed by atoms with E-state index in [1.807, 2.05) is 61.5 Å². The molecule has 0 aliphatic rings. The molecule has 0 atom stereocenters. The van der Waals surface area contributed by atoms with Crippen molar-refractivity contribution in [1.29, 1.82) is 0 Å². The molecule has 0 saturated carbocycles. The number of amides is 2. The highest BCUT2D eigenvalue weighted by Crippen LogP contribution is 2.20. The second-order valence-electron chi connectivity index (χ2n) is 6.62. The minimum atomic E-state index is -0.133. The molecule has 0 unspecified atom stereocenters. The highest BCUT2D eigenvalue weighted by molar-refractivity contribution is 5.95. The van der Waals surface area contributed by atoms with Crippen molar-refractivity contribution in [1.82, 2.24) is 9.88 Å². The van der Waals surface area contributed by atoms with Crippen molar-refractivity contribution >= 4 is 29.0 Å². The number of rotatable bonds is 7. The van der Waals surface area contributed by atoms with Gasteiger partial charge in [-0.2, -0.15) is 0 Å². The number of nitrogens with one attached hydrogen (secondary N) is 2. The molecular weight excluding hydrogens is 364 g/mol. The molecule has 0 aliphatic carbocycles. The minimum absolute atomic E-state index is 0.0474. The summed E-state index contributed by atoms with van der Waals surface area (Å²) < 4.78 is 0. The van der Waals surface area contributed by atoms with Gasteiger partial charge in [-0.25, -0.2) is 4.98 Å². The first-order chi connectivity index (χ1) is 14.0. The first kappa shape index (κ1) is 20.1. The summed E-state index contributed by atoms with van der Waals surface area (Å²) >= 11 is 0. The van der Waals surface area contributed by atoms with Gasteiger partial charge in [-0.05, 0) is 42.8 Å². The third kappa shape index (κ3) is 5.65. The molecule has 6 nitrogen and oxygen atoms in total. The molecule has 0 spiro atoms. The Morgan fingerprint density at radius 1 is 0.966 bits per heavy atom. The Balaban J connectivity index is 1.74. The van der Waals surface area contributed by atoms with E-state index in [1.54, 1.807) is 23.2 Å². The van der Waals surface area contributed by atoms with E-state index >= 15 is 0 Å². The zero-order valence-electron chi connectivity index (χ0n) is 16.6. The fraction of sp³-hybridized carbons (Fsp3) is 0.174. The van der Waals surface area contributed by atoms with Gasteiger partial charge in [0.05, 0.1) is 0 Å². The Labute approximate surface area is 170 Å². The van der Waals surface area contributed by atoms with Gasteiger partial charge in [0.25, 0.3) is 5.91 Å². The summed E-state index contributed by atoms with van der Waals surface area (Å²) in [7, 11) is 0. The lowest BCUT2D eigenvalue weighted by Crippen LogP contribution is -2.30. The van der Waals surface area contributed by atoms with Crippen LogP contribution in [0.4, 0.5) is 17.2 Å². The summed E-state index contributed by atoms with van der Waals surface area (Å²) in [6, 6.07) is 20.7. The number of benzene rings is 2. The average molecular weight is 388 g/mol. The maximum Gasteiger partial charge on any atom is 0.254 e. The van der Waals surface area contributed by atoms with Crippen LogP contribution in [0.3, 0.4) is 0 Å². The normalized spacial score (nSPS) is 10.3. The molecule has 3 rings (SSSR count). The molecule has 1 aromatic heterocycles. The molecule has 3 aromatic rings. The van der Waals surface area contributed by atoms with Crippen molar-refractivity contribution < 1.29 is 9.59 Å². The van der Waals surface area contributed by atoms with Crippen LogP contribution >= 0.6 is 0 Å². The molecule has 0 aliphatic heterocycles. The summed E-state index contributed by atoms with van der Waals surface area (Å²) in [5.41, 5.74) is 3.11. The lowest BCUT2D eigenvalue weighted by atomic mass is 10.1. The van der Waals surface area contributed by atoms with Gasteiger partial charge in [0.1, 0.15) is 5.82 Å². The van der Waals surface area contributed by atoms with Crippen molar-refractivity contribution in [2.75, 3.05) is 17.2 Å². The number of nitrogens with zero attached hydrogens (tertiary/aromatic N) is 2. The predicted octanol–water partition coefficient (Wildman–Crippen LogP) is 4.45. The van der Waals surface area contributed by atoms with E-state index in [4.69, 9.17) is 0 Å². The largest absolute Gasteiger partial charge is 0.340 e. The minimum Gasteiger partial charge on any atom is -0.340 e. The molecule has 2 N–H and O–H groups in total. The summed E-state index contributed by atoms with van der Waals surface area (Å²) in [6.07, 6.45) is 1.61. The lowest BCUT2D eigenvalue weighted by Gasteiger charge is -2.21. The van der Waals surface area contributed by atoms with E-state index in [9.17, 15) is 9.59 Å². The van der Waals surface area contributed by atoms with E-state index in [-0.39, 0.29) is 11.8 Å². The van der Waals surface area contributed by atoms with Crippen molar-refractivity contribution in [3.05, 3.63) is 84.1 Å². The van der Waals surface area contributed by atoms with Gasteiger partial charge in [0, 0.05) is 43.1 Å². The number of hydrogen-bond acceptors (Lipinski definition) is 4. The number of carbonyl (C=O) groups excluding carboxylic acids is 2. The monoisotopic (exact) mass is 388 g/mol. The molecule has 6 heteroatoms. The zero-order valence-corrected chi connectivity index (χ0v) is 16.6. The second kappa shape index (κ2) is 9.50. The number of hydrogen-bond donors (Lipinski definition) is 2. The number of carbonyl (C=O) groups is 2. The zero-order chi connectivity index (χ0) is 20.6. The molecule has 0 radical (unpaired) electrons. The van der Waals surface area contributed by atoms with E-state index in [0.29, 0.717) is 30.2 Å². The third-order valence-electron chi connectivity index (χ3n) is 4.35. The molecule has 2 aromatic carbocycles. The van der Waals surface area contributed by atoms with E-state index in [1.165, 1.54) is 6.92 Å². The predicted molar refractivity (Wildman–Crippen MR) is 115 cm³/mol. The smallest absolute Gasteiger partial charge is 0.254 e.